The highest BCUT2D eigenvalue weighted by Crippen LogP contribution is 2.31. The van der Waals surface area contributed by atoms with Crippen molar-refractivity contribution in [3.63, 3.8) is 0 Å². The van der Waals surface area contributed by atoms with Gasteiger partial charge < -0.3 is 0 Å². The molecular formula is C20H15BrN2O2S2. The van der Waals surface area contributed by atoms with E-state index in [0.29, 0.717) is 5.69 Å². The molecule has 0 saturated heterocycles. The first-order chi connectivity index (χ1) is 12.9. The van der Waals surface area contributed by atoms with E-state index in [0.717, 1.165) is 25.3 Å². The Balaban J connectivity index is 1.58. The summed E-state index contributed by atoms with van der Waals surface area (Å²) in [6.45, 7) is 2.06. The van der Waals surface area contributed by atoms with Crippen LogP contribution in [0, 0.1) is 6.92 Å². The lowest BCUT2D eigenvalue weighted by atomic mass is 10.2. The second-order valence-corrected chi connectivity index (χ2v) is 9.76. The molecule has 0 spiro atoms. The molecule has 0 aliphatic rings. The number of aromatic nitrogens is 1. The predicted molar refractivity (Wildman–Crippen MR) is 115 cm³/mol. The number of hydrogen-bond acceptors (Lipinski definition) is 4. The van der Waals surface area contributed by atoms with Crippen molar-refractivity contribution in [1.29, 1.82) is 0 Å². The number of nitrogens with zero attached hydrogens (tertiary/aromatic N) is 1. The van der Waals surface area contributed by atoms with Crippen molar-refractivity contribution in [3.05, 3.63) is 76.8 Å². The van der Waals surface area contributed by atoms with Gasteiger partial charge >= 0.3 is 0 Å². The van der Waals surface area contributed by atoms with Crippen molar-refractivity contribution in [2.24, 2.45) is 0 Å². The molecule has 7 heteroatoms. The van der Waals surface area contributed by atoms with E-state index in [1.165, 1.54) is 5.56 Å². The molecular weight excluding hydrogens is 444 g/mol. The van der Waals surface area contributed by atoms with E-state index in [-0.39, 0.29) is 4.90 Å². The second kappa shape index (κ2) is 7.07. The van der Waals surface area contributed by atoms with E-state index in [2.05, 4.69) is 38.6 Å². The van der Waals surface area contributed by atoms with Crippen LogP contribution in [0.15, 0.2) is 76.1 Å². The number of halogens is 1. The molecule has 4 aromatic rings. The fourth-order valence-corrected chi connectivity index (χ4v) is 5.06. The summed E-state index contributed by atoms with van der Waals surface area (Å²) in [5.74, 6) is 0. The summed E-state index contributed by atoms with van der Waals surface area (Å²) in [7, 11) is -3.62. The number of hydrogen-bond donors (Lipinski definition) is 1. The van der Waals surface area contributed by atoms with Crippen LogP contribution in [0.5, 0.6) is 0 Å². The van der Waals surface area contributed by atoms with Crippen LogP contribution >= 0.6 is 27.3 Å². The number of sulfonamides is 1. The summed E-state index contributed by atoms with van der Waals surface area (Å²) < 4.78 is 29.5. The fourth-order valence-electron chi connectivity index (χ4n) is 2.66. The van der Waals surface area contributed by atoms with Gasteiger partial charge in [-0.05, 0) is 73.2 Å². The van der Waals surface area contributed by atoms with E-state index in [1.807, 2.05) is 24.3 Å². The van der Waals surface area contributed by atoms with Crippen LogP contribution in [0.25, 0.3) is 20.8 Å². The molecule has 136 valence electrons. The maximum Gasteiger partial charge on any atom is 0.261 e. The quantitative estimate of drug-likeness (QED) is 0.418. The summed E-state index contributed by atoms with van der Waals surface area (Å²) in [6, 6.07) is 20.0. The highest BCUT2D eigenvalue weighted by molar-refractivity contribution is 9.10. The Hall–Kier alpha value is -2.22. The number of thiazole rings is 1. The van der Waals surface area contributed by atoms with Crippen molar-refractivity contribution >= 4 is 53.2 Å². The Kier molecular flexibility index (Phi) is 4.75. The number of anilines is 1. The first kappa shape index (κ1) is 18.2. The minimum atomic E-state index is -3.62. The van der Waals surface area contributed by atoms with Crippen LogP contribution in [-0.4, -0.2) is 13.4 Å². The predicted octanol–water partition coefficient (Wildman–Crippen LogP) is 5.84. The molecule has 0 unspecified atom stereocenters. The van der Waals surface area contributed by atoms with Gasteiger partial charge in [0.2, 0.25) is 0 Å². The van der Waals surface area contributed by atoms with Gasteiger partial charge in [0.1, 0.15) is 5.01 Å². The summed E-state index contributed by atoms with van der Waals surface area (Å²) in [6.07, 6.45) is 0. The molecule has 1 heterocycles. The van der Waals surface area contributed by atoms with Crippen LogP contribution in [0.1, 0.15) is 5.56 Å². The van der Waals surface area contributed by atoms with Gasteiger partial charge in [0.25, 0.3) is 10.0 Å². The molecule has 4 nitrogen and oxygen atoms in total. The second-order valence-electron chi connectivity index (χ2n) is 6.13. The normalized spacial score (nSPS) is 11.6. The van der Waals surface area contributed by atoms with E-state index in [4.69, 9.17) is 0 Å². The van der Waals surface area contributed by atoms with Gasteiger partial charge in [0, 0.05) is 15.7 Å². The average Bonchev–Trinajstić information content (AvgIpc) is 3.05. The molecule has 3 aromatic carbocycles. The Morgan fingerprint density at radius 2 is 1.67 bits per heavy atom. The van der Waals surface area contributed by atoms with Gasteiger partial charge in [-0.3, -0.25) is 4.72 Å². The van der Waals surface area contributed by atoms with Crippen molar-refractivity contribution in [3.8, 4) is 10.6 Å². The SMILES string of the molecule is Cc1ccc2nc(-c3ccc(NS(=O)(=O)c4ccc(Br)cc4)cc3)sc2c1. The van der Waals surface area contributed by atoms with Crippen molar-refractivity contribution < 1.29 is 8.42 Å². The number of nitrogens with one attached hydrogen (secondary N) is 1. The van der Waals surface area contributed by atoms with E-state index in [9.17, 15) is 8.42 Å². The summed E-state index contributed by atoms with van der Waals surface area (Å²) in [5, 5.41) is 0.915. The summed E-state index contributed by atoms with van der Waals surface area (Å²) in [4.78, 5) is 4.88. The number of aryl methyl sites for hydroxylation is 1. The number of fused-ring (bicyclic) bond motifs is 1. The third kappa shape index (κ3) is 3.90. The van der Waals surface area contributed by atoms with Crippen molar-refractivity contribution in [1.82, 2.24) is 4.98 Å². The molecule has 0 radical (unpaired) electrons. The third-order valence-electron chi connectivity index (χ3n) is 4.05. The minimum absolute atomic E-state index is 0.219. The van der Waals surface area contributed by atoms with Crippen LogP contribution in [-0.2, 0) is 10.0 Å². The van der Waals surface area contributed by atoms with Gasteiger partial charge in [-0.15, -0.1) is 11.3 Å². The summed E-state index contributed by atoms with van der Waals surface area (Å²) >= 11 is 4.93. The Morgan fingerprint density at radius 3 is 2.37 bits per heavy atom. The van der Waals surface area contributed by atoms with Crippen molar-refractivity contribution in [2.45, 2.75) is 11.8 Å². The zero-order valence-corrected chi connectivity index (χ0v) is 17.5. The minimum Gasteiger partial charge on any atom is -0.280 e. The van der Waals surface area contributed by atoms with Gasteiger partial charge in [0.05, 0.1) is 15.1 Å². The van der Waals surface area contributed by atoms with E-state index < -0.39 is 10.0 Å². The van der Waals surface area contributed by atoms with Gasteiger partial charge in [-0.2, -0.15) is 0 Å². The first-order valence-corrected chi connectivity index (χ1v) is 11.3. The molecule has 1 aromatic heterocycles. The number of benzene rings is 3. The van der Waals surface area contributed by atoms with Gasteiger partial charge in [-0.25, -0.2) is 13.4 Å². The van der Waals surface area contributed by atoms with Crippen LogP contribution in [0.3, 0.4) is 0 Å². The largest absolute Gasteiger partial charge is 0.280 e. The van der Waals surface area contributed by atoms with E-state index in [1.54, 1.807) is 47.7 Å². The Bertz CT molecular complexity index is 1220. The molecule has 1 N–H and O–H groups in total. The lowest BCUT2D eigenvalue weighted by Crippen LogP contribution is -2.12. The van der Waals surface area contributed by atoms with Gasteiger partial charge in [0.15, 0.2) is 0 Å². The average molecular weight is 459 g/mol. The molecule has 0 saturated carbocycles. The molecule has 0 aliphatic heterocycles. The monoisotopic (exact) mass is 458 g/mol. The maximum atomic E-state index is 12.5. The fraction of sp³-hybridized carbons (Fsp3) is 0.0500. The Morgan fingerprint density at radius 1 is 0.963 bits per heavy atom. The molecule has 4 rings (SSSR count). The molecule has 0 amide bonds. The Labute approximate surface area is 170 Å². The summed E-state index contributed by atoms with van der Waals surface area (Å²) in [5.41, 5.74) is 3.65. The third-order valence-corrected chi connectivity index (χ3v) is 7.05. The first-order valence-electron chi connectivity index (χ1n) is 8.17. The van der Waals surface area contributed by atoms with Gasteiger partial charge in [-0.1, -0.05) is 22.0 Å². The van der Waals surface area contributed by atoms with Crippen LogP contribution < -0.4 is 4.72 Å². The molecule has 0 atom stereocenters. The van der Waals surface area contributed by atoms with E-state index >= 15 is 0 Å². The standard InChI is InChI=1S/C20H15BrN2O2S2/c1-13-2-11-18-19(12-13)26-20(22-18)14-3-7-16(8-4-14)23-27(24,25)17-9-5-15(21)6-10-17/h2-12,23H,1H3. The van der Waals surface area contributed by atoms with Crippen LogP contribution in [0.4, 0.5) is 5.69 Å². The zero-order chi connectivity index (χ0) is 19.0. The lowest BCUT2D eigenvalue weighted by Gasteiger charge is -2.08. The topological polar surface area (TPSA) is 59.1 Å². The van der Waals surface area contributed by atoms with Crippen LogP contribution in [0.2, 0.25) is 0 Å². The van der Waals surface area contributed by atoms with Crippen molar-refractivity contribution in [2.75, 3.05) is 4.72 Å². The molecule has 0 bridgehead atoms. The maximum absolute atomic E-state index is 12.5. The zero-order valence-electron chi connectivity index (χ0n) is 14.3. The lowest BCUT2D eigenvalue weighted by molar-refractivity contribution is 0.601. The smallest absolute Gasteiger partial charge is 0.261 e. The number of rotatable bonds is 4. The molecule has 0 aliphatic carbocycles. The molecule has 0 fully saturated rings. The highest BCUT2D eigenvalue weighted by atomic mass is 79.9. The highest BCUT2D eigenvalue weighted by Gasteiger charge is 2.14. The molecule has 27 heavy (non-hydrogen) atoms.